The van der Waals surface area contributed by atoms with Crippen molar-refractivity contribution in [3.8, 4) is 0 Å². The number of hydrogen-bond donors (Lipinski definition) is 1. The van der Waals surface area contributed by atoms with Crippen LogP contribution in [0.3, 0.4) is 0 Å². The second-order valence-electron chi connectivity index (χ2n) is 6.82. The molecule has 2 aliphatic rings. The first-order valence-electron chi connectivity index (χ1n) is 8.48. The van der Waals surface area contributed by atoms with Crippen LogP contribution in [0.25, 0.3) is 0 Å². The number of urea groups is 1. The van der Waals surface area contributed by atoms with Crippen molar-refractivity contribution in [2.45, 2.75) is 51.1 Å². The standard InChI is InChI=1S/C16H32N4O/c1-4-13-5-10-20(15(11-13)12-17)14-6-8-19(9-7-14)16(21)18(2)3/h13-15H,4-12,17H2,1-3H3. The monoisotopic (exact) mass is 296 g/mol. The SMILES string of the molecule is CCC1CCN(C2CCN(C(=O)N(C)C)CC2)C(CN)C1. The highest BCUT2D eigenvalue weighted by Crippen LogP contribution is 2.29. The number of hydrogen-bond acceptors (Lipinski definition) is 3. The second-order valence-corrected chi connectivity index (χ2v) is 6.82. The lowest BCUT2D eigenvalue weighted by Gasteiger charge is -2.46. The van der Waals surface area contributed by atoms with Crippen LogP contribution < -0.4 is 5.73 Å². The summed E-state index contributed by atoms with van der Waals surface area (Å²) < 4.78 is 0. The van der Waals surface area contributed by atoms with Gasteiger partial charge in [-0.15, -0.1) is 0 Å². The van der Waals surface area contributed by atoms with Gasteiger partial charge in [-0.2, -0.15) is 0 Å². The number of nitrogens with zero attached hydrogens (tertiary/aromatic N) is 3. The first kappa shape index (κ1) is 16.6. The fraction of sp³-hybridized carbons (Fsp3) is 0.938. The summed E-state index contributed by atoms with van der Waals surface area (Å²) in [4.78, 5) is 18.3. The normalized spacial score (nSPS) is 28.7. The van der Waals surface area contributed by atoms with Crippen molar-refractivity contribution >= 4 is 6.03 Å². The zero-order valence-electron chi connectivity index (χ0n) is 13.9. The highest BCUT2D eigenvalue weighted by atomic mass is 16.2. The molecular weight excluding hydrogens is 264 g/mol. The summed E-state index contributed by atoms with van der Waals surface area (Å²) in [6.45, 7) is 6.01. The molecule has 0 spiro atoms. The van der Waals surface area contributed by atoms with E-state index in [2.05, 4.69) is 11.8 Å². The van der Waals surface area contributed by atoms with Gasteiger partial charge in [0.2, 0.25) is 0 Å². The van der Waals surface area contributed by atoms with Crippen LogP contribution >= 0.6 is 0 Å². The average molecular weight is 296 g/mol. The van der Waals surface area contributed by atoms with E-state index in [1.165, 1.54) is 25.8 Å². The Morgan fingerprint density at radius 3 is 2.38 bits per heavy atom. The zero-order chi connectivity index (χ0) is 15.4. The molecule has 2 unspecified atom stereocenters. The molecule has 2 rings (SSSR count). The second kappa shape index (κ2) is 7.45. The molecule has 0 aromatic rings. The van der Waals surface area contributed by atoms with Crippen molar-refractivity contribution in [3.63, 3.8) is 0 Å². The van der Waals surface area contributed by atoms with Gasteiger partial charge in [0.05, 0.1) is 0 Å². The highest BCUT2D eigenvalue weighted by Gasteiger charge is 2.34. The Kier molecular flexibility index (Phi) is 5.88. The third kappa shape index (κ3) is 3.89. The van der Waals surface area contributed by atoms with Crippen LogP contribution in [-0.2, 0) is 0 Å². The molecule has 5 nitrogen and oxygen atoms in total. The lowest BCUT2D eigenvalue weighted by molar-refractivity contribution is 0.0393. The summed E-state index contributed by atoms with van der Waals surface area (Å²) in [6, 6.07) is 1.31. The van der Waals surface area contributed by atoms with Crippen molar-refractivity contribution in [2.75, 3.05) is 40.3 Å². The van der Waals surface area contributed by atoms with Gasteiger partial charge in [0.25, 0.3) is 0 Å². The molecule has 2 fully saturated rings. The van der Waals surface area contributed by atoms with E-state index in [4.69, 9.17) is 5.73 Å². The fourth-order valence-corrected chi connectivity index (χ4v) is 3.91. The third-order valence-electron chi connectivity index (χ3n) is 5.31. The molecule has 0 radical (unpaired) electrons. The van der Waals surface area contributed by atoms with Crippen LogP contribution in [0, 0.1) is 5.92 Å². The first-order valence-corrected chi connectivity index (χ1v) is 8.48. The maximum absolute atomic E-state index is 12.0. The van der Waals surface area contributed by atoms with Crippen LogP contribution in [0.15, 0.2) is 0 Å². The Hall–Kier alpha value is -0.810. The van der Waals surface area contributed by atoms with Crippen LogP contribution in [0.4, 0.5) is 4.79 Å². The molecule has 2 N–H and O–H groups in total. The van der Waals surface area contributed by atoms with Crippen molar-refractivity contribution in [2.24, 2.45) is 11.7 Å². The summed E-state index contributed by atoms with van der Waals surface area (Å²) in [5, 5.41) is 0. The predicted octanol–water partition coefficient (Wildman–Crippen LogP) is 1.58. The van der Waals surface area contributed by atoms with Crippen molar-refractivity contribution < 1.29 is 4.79 Å². The summed E-state index contributed by atoms with van der Waals surface area (Å²) in [7, 11) is 3.66. The maximum Gasteiger partial charge on any atom is 0.319 e. The molecular formula is C16H32N4O. The molecule has 2 heterocycles. The molecule has 2 saturated heterocycles. The minimum absolute atomic E-state index is 0.147. The molecule has 5 heteroatoms. The Morgan fingerprint density at radius 1 is 1.19 bits per heavy atom. The highest BCUT2D eigenvalue weighted by molar-refractivity contribution is 5.73. The molecule has 0 aromatic carbocycles. The van der Waals surface area contributed by atoms with Crippen molar-refractivity contribution in [1.29, 1.82) is 0 Å². The van der Waals surface area contributed by atoms with E-state index in [-0.39, 0.29) is 6.03 Å². The molecule has 2 atom stereocenters. The number of piperidine rings is 2. The zero-order valence-corrected chi connectivity index (χ0v) is 13.9. The van der Waals surface area contributed by atoms with Gasteiger partial charge in [-0.1, -0.05) is 13.3 Å². The van der Waals surface area contributed by atoms with E-state index >= 15 is 0 Å². The first-order chi connectivity index (χ1) is 10.1. The Bertz CT molecular complexity index is 339. The van der Waals surface area contributed by atoms with Gasteiger partial charge >= 0.3 is 6.03 Å². The van der Waals surface area contributed by atoms with Gasteiger partial charge in [0, 0.05) is 45.8 Å². The average Bonchev–Trinajstić information content (AvgIpc) is 2.53. The summed E-state index contributed by atoms with van der Waals surface area (Å²) >= 11 is 0. The Balaban J connectivity index is 1.88. The Morgan fingerprint density at radius 2 is 1.86 bits per heavy atom. The minimum atomic E-state index is 0.147. The molecule has 0 aliphatic carbocycles. The summed E-state index contributed by atoms with van der Waals surface area (Å²) in [6.07, 6.45) is 6.02. The minimum Gasteiger partial charge on any atom is -0.331 e. The number of likely N-dealkylation sites (tertiary alicyclic amines) is 2. The Labute approximate surface area is 129 Å². The molecule has 2 amide bonds. The van der Waals surface area contributed by atoms with Crippen molar-refractivity contribution in [1.82, 2.24) is 14.7 Å². The topological polar surface area (TPSA) is 52.8 Å². The van der Waals surface area contributed by atoms with E-state index in [0.717, 1.165) is 38.4 Å². The molecule has 21 heavy (non-hydrogen) atoms. The predicted molar refractivity (Wildman–Crippen MR) is 86.2 cm³/mol. The van der Waals surface area contributed by atoms with E-state index in [1.807, 2.05) is 19.0 Å². The molecule has 122 valence electrons. The van der Waals surface area contributed by atoms with Crippen LogP contribution in [0.1, 0.15) is 39.0 Å². The molecule has 2 aliphatic heterocycles. The number of carbonyl (C=O) groups is 1. The van der Waals surface area contributed by atoms with E-state index in [9.17, 15) is 4.79 Å². The van der Waals surface area contributed by atoms with Gasteiger partial charge in [-0.25, -0.2) is 4.79 Å². The van der Waals surface area contributed by atoms with Gasteiger partial charge in [0.15, 0.2) is 0 Å². The smallest absolute Gasteiger partial charge is 0.319 e. The van der Waals surface area contributed by atoms with Crippen LogP contribution in [-0.4, -0.2) is 73.1 Å². The van der Waals surface area contributed by atoms with E-state index < -0.39 is 0 Å². The lowest BCUT2D eigenvalue weighted by Crippen LogP contribution is -2.55. The number of rotatable bonds is 3. The number of nitrogens with two attached hydrogens (primary N) is 1. The fourth-order valence-electron chi connectivity index (χ4n) is 3.91. The third-order valence-corrected chi connectivity index (χ3v) is 5.31. The largest absolute Gasteiger partial charge is 0.331 e. The number of carbonyl (C=O) groups excluding carboxylic acids is 1. The van der Waals surface area contributed by atoms with Gasteiger partial charge in [0.1, 0.15) is 0 Å². The molecule has 0 saturated carbocycles. The lowest BCUT2D eigenvalue weighted by atomic mass is 9.86. The number of amides is 2. The quantitative estimate of drug-likeness (QED) is 0.860. The van der Waals surface area contributed by atoms with Gasteiger partial charge < -0.3 is 15.5 Å². The summed E-state index contributed by atoms with van der Waals surface area (Å²) in [5.41, 5.74) is 6.02. The van der Waals surface area contributed by atoms with Crippen molar-refractivity contribution in [3.05, 3.63) is 0 Å². The van der Waals surface area contributed by atoms with Gasteiger partial charge in [-0.05, 0) is 38.1 Å². The molecule has 0 aromatic heterocycles. The van der Waals surface area contributed by atoms with Crippen LogP contribution in [0.2, 0.25) is 0 Å². The van der Waals surface area contributed by atoms with Crippen LogP contribution in [0.5, 0.6) is 0 Å². The molecule has 0 bridgehead atoms. The van der Waals surface area contributed by atoms with E-state index in [0.29, 0.717) is 12.1 Å². The van der Waals surface area contributed by atoms with E-state index in [1.54, 1.807) is 4.90 Å². The van der Waals surface area contributed by atoms with Gasteiger partial charge in [-0.3, -0.25) is 4.90 Å². The maximum atomic E-state index is 12.0. The summed E-state index contributed by atoms with van der Waals surface area (Å²) in [5.74, 6) is 0.852.